The minimum Gasteiger partial charge on any atom is -0.355 e. The van der Waals surface area contributed by atoms with Gasteiger partial charge in [0.2, 0.25) is 0 Å². The molecule has 1 atom stereocenters. The molecule has 1 unspecified atom stereocenters. The number of imidazole rings is 1. The number of hydrogen-bond donors (Lipinski definition) is 1. The van der Waals surface area contributed by atoms with Crippen molar-refractivity contribution < 1.29 is 9.32 Å². The Morgan fingerprint density at radius 2 is 2.35 bits per heavy atom. The van der Waals surface area contributed by atoms with Gasteiger partial charge in [0.15, 0.2) is 11.5 Å². The molecule has 0 saturated heterocycles. The molecule has 0 bridgehead atoms. The molecule has 1 aliphatic heterocycles. The largest absolute Gasteiger partial charge is 0.355 e. The molecule has 4 rings (SSSR count). The minimum absolute atomic E-state index is 0.0720. The third-order valence-electron chi connectivity index (χ3n) is 3.96. The molecule has 0 fully saturated rings. The second-order valence-corrected chi connectivity index (χ2v) is 5.52. The Morgan fingerprint density at radius 1 is 1.39 bits per heavy atom. The lowest BCUT2D eigenvalue weighted by atomic mass is 10.1. The van der Waals surface area contributed by atoms with Crippen molar-refractivity contribution >= 4 is 5.91 Å². The molecule has 1 aliphatic rings. The van der Waals surface area contributed by atoms with Gasteiger partial charge >= 0.3 is 0 Å². The van der Waals surface area contributed by atoms with E-state index in [4.69, 9.17) is 4.52 Å². The van der Waals surface area contributed by atoms with Crippen LogP contribution in [0.25, 0.3) is 11.3 Å². The molecule has 0 saturated carbocycles. The van der Waals surface area contributed by atoms with E-state index in [0.29, 0.717) is 5.76 Å². The van der Waals surface area contributed by atoms with Crippen LogP contribution in [0.15, 0.2) is 47.5 Å². The highest BCUT2D eigenvalue weighted by Crippen LogP contribution is 2.19. The van der Waals surface area contributed by atoms with E-state index in [1.165, 1.54) is 0 Å². The average Bonchev–Trinajstić information content (AvgIpc) is 3.24. The van der Waals surface area contributed by atoms with Gasteiger partial charge in [-0.25, -0.2) is 4.98 Å². The van der Waals surface area contributed by atoms with Crippen LogP contribution in [0.4, 0.5) is 0 Å². The number of hydrogen-bond acceptors (Lipinski definition) is 5. The summed E-state index contributed by atoms with van der Waals surface area (Å²) in [5.74, 6) is 1.37. The van der Waals surface area contributed by atoms with E-state index < -0.39 is 0 Å². The monoisotopic (exact) mass is 309 g/mol. The lowest BCUT2D eigenvalue weighted by molar-refractivity contribution is 0.0918. The molecule has 0 aliphatic carbocycles. The topological polar surface area (TPSA) is 85.8 Å². The van der Waals surface area contributed by atoms with E-state index >= 15 is 0 Å². The Labute approximate surface area is 132 Å². The van der Waals surface area contributed by atoms with Crippen LogP contribution in [-0.4, -0.2) is 31.6 Å². The smallest absolute Gasteiger partial charge is 0.273 e. The molecule has 0 aromatic carbocycles. The van der Waals surface area contributed by atoms with Crippen LogP contribution >= 0.6 is 0 Å². The van der Waals surface area contributed by atoms with E-state index in [2.05, 4.69) is 25.0 Å². The minimum atomic E-state index is -0.225. The summed E-state index contributed by atoms with van der Waals surface area (Å²) in [7, 11) is 0. The van der Waals surface area contributed by atoms with Crippen molar-refractivity contribution in [2.45, 2.75) is 25.4 Å². The van der Waals surface area contributed by atoms with Crippen molar-refractivity contribution in [1.82, 2.24) is 25.0 Å². The van der Waals surface area contributed by atoms with E-state index in [1.54, 1.807) is 24.7 Å². The van der Waals surface area contributed by atoms with E-state index in [0.717, 1.165) is 30.8 Å². The summed E-state index contributed by atoms with van der Waals surface area (Å²) in [5, 5.41) is 6.86. The SMILES string of the molecule is O=C(NC1CCc2nccn2C1)c1cc(-c2cccnc2)on1. The number of carbonyl (C=O) groups is 1. The third kappa shape index (κ3) is 2.73. The van der Waals surface area contributed by atoms with Crippen molar-refractivity contribution in [3.05, 3.63) is 54.5 Å². The maximum atomic E-state index is 12.3. The predicted molar refractivity (Wildman–Crippen MR) is 81.5 cm³/mol. The maximum Gasteiger partial charge on any atom is 0.273 e. The number of aromatic nitrogens is 4. The molecule has 1 amide bonds. The number of amides is 1. The highest BCUT2D eigenvalue weighted by molar-refractivity contribution is 5.93. The van der Waals surface area contributed by atoms with Gasteiger partial charge in [0, 0.05) is 55.4 Å². The van der Waals surface area contributed by atoms with Crippen molar-refractivity contribution in [3.63, 3.8) is 0 Å². The fourth-order valence-electron chi connectivity index (χ4n) is 2.77. The summed E-state index contributed by atoms with van der Waals surface area (Å²) in [6, 6.07) is 5.37. The average molecular weight is 309 g/mol. The molecular weight excluding hydrogens is 294 g/mol. The molecule has 7 nitrogen and oxygen atoms in total. The molecule has 0 radical (unpaired) electrons. The van der Waals surface area contributed by atoms with Gasteiger partial charge in [-0.3, -0.25) is 9.78 Å². The predicted octanol–water partition coefficient (Wildman–Crippen LogP) is 1.68. The molecule has 7 heteroatoms. The Hall–Kier alpha value is -2.96. The van der Waals surface area contributed by atoms with E-state index in [9.17, 15) is 4.79 Å². The highest BCUT2D eigenvalue weighted by Gasteiger charge is 2.22. The third-order valence-corrected chi connectivity index (χ3v) is 3.96. The van der Waals surface area contributed by atoms with Gasteiger partial charge in [-0.15, -0.1) is 0 Å². The fourth-order valence-corrected chi connectivity index (χ4v) is 2.77. The molecule has 4 heterocycles. The fraction of sp³-hybridized carbons (Fsp3) is 0.250. The first-order valence-corrected chi connectivity index (χ1v) is 7.47. The highest BCUT2D eigenvalue weighted by atomic mass is 16.5. The summed E-state index contributed by atoms with van der Waals surface area (Å²) < 4.78 is 7.31. The molecule has 0 spiro atoms. The maximum absolute atomic E-state index is 12.3. The van der Waals surface area contributed by atoms with Crippen molar-refractivity contribution in [1.29, 1.82) is 0 Å². The summed E-state index contributed by atoms with van der Waals surface area (Å²) >= 11 is 0. The number of rotatable bonds is 3. The Kier molecular flexibility index (Phi) is 3.38. The molecule has 23 heavy (non-hydrogen) atoms. The Bertz CT molecular complexity index is 824. The van der Waals surface area contributed by atoms with E-state index in [-0.39, 0.29) is 17.6 Å². The number of nitrogens with one attached hydrogen (secondary N) is 1. The van der Waals surface area contributed by atoms with Gasteiger partial charge in [-0.05, 0) is 18.6 Å². The summed E-state index contributed by atoms with van der Waals surface area (Å²) in [4.78, 5) is 20.6. The molecule has 116 valence electrons. The van der Waals surface area contributed by atoms with Gasteiger partial charge in [-0.2, -0.15) is 0 Å². The zero-order chi connectivity index (χ0) is 15.6. The van der Waals surface area contributed by atoms with Gasteiger partial charge in [0.1, 0.15) is 5.82 Å². The second-order valence-electron chi connectivity index (χ2n) is 5.52. The molecule has 3 aromatic rings. The number of fused-ring (bicyclic) bond motifs is 1. The van der Waals surface area contributed by atoms with Crippen LogP contribution in [0.5, 0.6) is 0 Å². The van der Waals surface area contributed by atoms with Crippen molar-refractivity contribution in [2.24, 2.45) is 0 Å². The zero-order valence-electron chi connectivity index (χ0n) is 12.3. The van der Waals surface area contributed by atoms with Crippen molar-refractivity contribution in [2.75, 3.05) is 0 Å². The first-order chi connectivity index (χ1) is 11.3. The lowest BCUT2D eigenvalue weighted by Crippen LogP contribution is -2.41. The summed E-state index contributed by atoms with van der Waals surface area (Å²) in [6.45, 7) is 0.731. The number of aryl methyl sites for hydroxylation is 1. The second kappa shape index (κ2) is 5.68. The van der Waals surface area contributed by atoms with Gasteiger partial charge in [-0.1, -0.05) is 5.16 Å². The first kappa shape index (κ1) is 13.7. The first-order valence-electron chi connectivity index (χ1n) is 7.47. The quantitative estimate of drug-likeness (QED) is 0.795. The van der Waals surface area contributed by atoms with Crippen LogP contribution in [0.2, 0.25) is 0 Å². The number of nitrogens with zero attached hydrogens (tertiary/aromatic N) is 4. The summed E-state index contributed by atoms with van der Waals surface area (Å²) in [6.07, 6.45) is 8.81. The molecule has 3 aromatic heterocycles. The van der Waals surface area contributed by atoms with Crippen LogP contribution in [-0.2, 0) is 13.0 Å². The molecular formula is C16H15N5O2. The van der Waals surface area contributed by atoms with Crippen LogP contribution in [0.1, 0.15) is 22.7 Å². The van der Waals surface area contributed by atoms with Crippen LogP contribution < -0.4 is 5.32 Å². The van der Waals surface area contributed by atoms with Crippen LogP contribution in [0, 0.1) is 0 Å². The summed E-state index contributed by atoms with van der Waals surface area (Å²) in [5.41, 5.74) is 1.07. The number of pyridine rings is 1. The van der Waals surface area contributed by atoms with Crippen LogP contribution in [0.3, 0.4) is 0 Å². The Morgan fingerprint density at radius 3 is 3.22 bits per heavy atom. The van der Waals surface area contributed by atoms with Gasteiger partial charge in [0.05, 0.1) is 0 Å². The standard InChI is InChI=1S/C16H15N5O2/c22-16(19-12-3-4-15-18-6-7-21(15)10-12)13-8-14(23-20-13)11-2-1-5-17-9-11/h1-2,5-9,12H,3-4,10H2,(H,19,22). The number of carbonyl (C=O) groups excluding carboxylic acids is 1. The van der Waals surface area contributed by atoms with Gasteiger partial charge in [0.25, 0.3) is 5.91 Å². The lowest BCUT2D eigenvalue weighted by Gasteiger charge is -2.24. The normalized spacial score (nSPS) is 16.8. The van der Waals surface area contributed by atoms with Crippen molar-refractivity contribution in [3.8, 4) is 11.3 Å². The molecule has 1 N–H and O–H groups in total. The van der Waals surface area contributed by atoms with Gasteiger partial charge < -0.3 is 14.4 Å². The Balaban J connectivity index is 1.45. The zero-order valence-corrected chi connectivity index (χ0v) is 12.3. The van der Waals surface area contributed by atoms with E-state index in [1.807, 2.05) is 18.3 Å².